The first-order valence-corrected chi connectivity index (χ1v) is 12.1. The highest BCUT2D eigenvalue weighted by Crippen LogP contribution is 2.49. The number of piperidine rings is 1. The van der Waals surface area contributed by atoms with Gasteiger partial charge in [-0.15, -0.1) is 6.42 Å². The predicted molar refractivity (Wildman–Crippen MR) is 137 cm³/mol. The second-order valence-electron chi connectivity index (χ2n) is 9.03. The van der Waals surface area contributed by atoms with Crippen molar-refractivity contribution < 1.29 is 13.9 Å². The normalized spacial score (nSPS) is 20.3. The van der Waals surface area contributed by atoms with E-state index >= 15 is 0 Å². The molecule has 6 heteroatoms. The monoisotopic (exact) mass is 488 g/mol. The summed E-state index contributed by atoms with van der Waals surface area (Å²) in [7, 11) is 0. The molecule has 3 aromatic carbocycles. The fraction of sp³-hybridized carbons (Fsp3) is 0.276. The Hall–Kier alpha value is -3.33. The minimum atomic E-state index is -1.24. The third-order valence-corrected chi connectivity index (χ3v) is 6.89. The fourth-order valence-corrected chi connectivity index (χ4v) is 4.96. The lowest BCUT2D eigenvalue weighted by atomic mass is 9.88. The Labute approximate surface area is 210 Å². The van der Waals surface area contributed by atoms with E-state index in [2.05, 4.69) is 21.9 Å². The van der Waals surface area contributed by atoms with Crippen molar-refractivity contribution in [2.75, 3.05) is 19.6 Å². The zero-order valence-corrected chi connectivity index (χ0v) is 20.3. The van der Waals surface area contributed by atoms with Crippen LogP contribution in [0.5, 0.6) is 11.5 Å². The number of ether oxygens (including phenoxy) is 2. The maximum absolute atomic E-state index is 14.6. The molecule has 0 aliphatic carbocycles. The van der Waals surface area contributed by atoms with Gasteiger partial charge in [-0.2, -0.15) is 0 Å². The second kappa shape index (κ2) is 9.73. The molecule has 3 aromatic rings. The number of nitrogens with zero attached hydrogens (tertiary/aromatic N) is 2. The van der Waals surface area contributed by atoms with Gasteiger partial charge in [0.05, 0.1) is 11.3 Å². The van der Waals surface area contributed by atoms with Gasteiger partial charge in [-0.25, -0.2) is 4.39 Å². The van der Waals surface area contributed by atoms with Crippen LogP contribution in [0.4, 0.5) is 10.1 Å². The topological polar surface area (TPSA) is 34.1 Å². The van der Waals surface area contributed by atoms with Crippen molar-refractivity contribution in [1.29, 1.82) is 0 Å². The summed E-state index contributed by atoms with van der Waals surface area (Å²) < 4.78 is 27.1. The van der Waals surface area contributed by atoms with E-state index in [1.54, 1.807) is 19.1 Å². The van der Waals surface area contributed by atoms with Crippen LogP contribution in [-0.2, 0) is 5.79 Å². The Balaban J connectivity index is 1.24. The lowest BCUT2D eigenvalue weighted by Gasteiger charge is -2.31. The smallest absolute Gasteiger partial charge is 0.278 e. The lowest BCUT2D eigenvalue weighted by Crippen LogP contribution is -2.34. The molecule has 2 aliphatic rings. The summed E-state index contributed by atoms with van der Waals surface area (Å²) in [6.07, 6.45) is 9.40. The number of halogens is 2. The number of hydrogen-bond donors (Lipinski definition) is 0. The highest BCUT2D eigenvalue weighted by Gasteiger charge is 2.42. The van der Waals surface area contributed by atoms with E-state index in [0.29, 0.717) is 28.0 Å². The second-order valence-corrected chi connectivity index (χ2v) is 9.47. The molecule has 2 aliphatic heterocycles. The van der Waals surface area contributed by atoms with Crippen LogP contribution in [0.3, 0.4) is 0 Å². The molecule has 1 unspecified atom stereocenters. The zero-order valence-electron chi connectivity index (χ0n) is 19.5. The predicted octanol–water partition coefficient (Wildman–Crippen LogP) is 6.69. The molecule has 2 heterocycles. The van der Waals surface area contributed by atoms with Crippen LogP contribution >= 0.6 is 11.6 Å². The van der Waals surface area contributed by atoms with Crippen LogP contribution < -0.4 is 9.47 Å². The SMILES string of the molecule is C#Cc1cccc(/N=C/CN2CCC(c3cccc4c3OC(C)(c3ccc(Cl)cc3F)O4)CC2)c1. The number of rotatable bonds is 5. The average Bonchev–Trinajstić information content (AvgIpc) is 3.21. The quantitative estimate of drug-likeness (QED) is 0.296. The Morgan fingerprint density at radius 3 is 2.71 bits per heavy atom. The van der Waals surface area contributed by atoms with E-state index in [1.807, 2.05) is 42.6 Å². The van der Waals surface area contributed by atoms with E-state index in [1.165, 1.54) is 6.07 Å². The number of benzene rings is 3. The molecular weight excluding hydrogens is 463 g/mol. The molecule has 1 fully saturated rings. The molecule has 35 heavy (non-hydrogen) atoms. The average molecular weight is 489 g/mol. The summed E-state index contributed by atoms with van der Waals surface area (Å²) in [5.74, 6) is 2.64. The first-order chi connectivity index (χ1) is 16.9. The Bertz CT molecular complexity index is 1310. The molecule has 0 amide bonds. The van der Waals surface area contributed by atoms with Gasteiger partial charge in [0, 0.05) is 35.8 Å². The van der Waals surface area contributed by atoms with Gasteiger partial charge < -0.3 is 9.47 Å². The minimum absolute atomic E-state index is 0.325. The molecular formula is C29H26ClFN2O2. The van der Waals surface area contributed by atoms with Crippen molar-refractivity contribution in [1.82, 2.24) is 4.90 Å². The van der Waals surface area contributed by atoms with Crippen molar-refractivity contribution in [2.45, 2.75) is 31.5 Å². The number of aliphatic imine (C=N–C) groups is 1. The standard InChI is InChI=1S/C29H26ClFN2O2/c1-3-20-6-4-7-23(18-20)32-14-17-33-15-12-21(13-16-33)24-8-5-9-27-28(24)35-29(2,34-27)25-11-10-22(30)19-26(25)31/h1,4-11,14,18-19,21H,12-13,15-17H2,2H3/b32-14+. The number of hydrogen-bond acceptors (Lipinski definition) is 4. The van der Waals surface area contributed by atoms with E-state index in [4.69, 9.17) is 27.5 Å². The highest BCUT2D eigenvalue weighted by atomic mass is 35.5. The van der Waals surface area contributed by atoms with Gasteiger partial charge >= 0.3 is 0 Å². The summed E-state index contributed by atoms with van der Waals surface area (Å²) in [4.78, 5) is 6.94. The molecule has 0 N–H and O–H groups in total. The molecule has 178 valence electrons. The molecule has 5 rings (SSSR count). The van der Waals surface area contributed by atoms with Crippen molar-refractivity contribution in [3.8, 4) is 23.8 Å². The molecule has 0 radical (unpaired) electrons. The Morgan fingerprint density at radius 1 is 1.14 bits per heavy atom. The van der Waals surface area contributed by atoms with E-state index in [-0.39, 0.29) is 0 Å². The summed E-state index contributed by atoms with van der Waals surface area (Å²) in [5.41, 5.74) is 3.13. The van der Waals surface area contributed by atoms with Gasteiger partial charge in [-0.3, -0.25) is 9.89 Å². The molecule has 4 nitrogen and oxygen atoms in total. The molecule has 0 bridgehead atoms. The van der Waals surface area contributed by atoms with Crippen LogP contribution in [-0.4, -0.2) is 30.7 Å². The van der Waals surface area contributed by atoms with Crippen molar-refractivity contribution >= 4 is 23.5 Å². The number of fused-ring (bicyclic) bond motifs is 1. The van der Waals surface area contributed by atoms with E-state index in [9.17, 15) is 4.39 Å². The molecule has 0 spiro atoms. The third-order valence-electron chi connectivity index (χ3n) is 6.65. The summed E-state index contributed by atoms with van der Waals surface area (Å²) >= 11 is 5.93. The Morgan fingerprint density at radius 2 is 1.94 bits per heavy atom. The van der Waals surface area contributed by atoms with Crippen molar-refractivity contribution in [2.24, 2.45) is 4.99 Å². The van der Waals surface area contributed by atoms with Gasteiger partial charge in [0.2, 0.25) is 0 Å². The van der Waals surface area contributed by atoms with Gasteiger partial charge in [-0.05, 0) is 74.3 Å². The number of likely N-dealkylation sites (tertiary alicyclic amines) is 1. The van der Waals surface area contributed by atoms with Crippen LogP contribution in [0, 0.1) is 18.2 Å². The van der Waals surface area contributed by atoms with Gasteiger partial charge in [0.1, 0.15) is 5.82 Å². The maximum Gasteiger partial charge on any atom is 0.278 e. The number of terminal acetylenes is 1. The first-order valence-electron chi connectivity index (χ1n) is 11.7. The summed E-state index contributed by atoms with van der Waals surface area (Å²) in [6.45, 7) is 4.43. The fourth-order valence-electron chi connectivity index (χ4n) is 4.80. The molecule has 0 saturated carbocycles. The van der Waals surface area contributed by atoms with E-state index < -0.39 is 11.6 Å². The first kappa shape index (κ1) is 23.4. The van der Waals surface area contributed by atoms with Gasteiger partial charge in [0.25, 0.3) is 5.79 Å². The summed E-state index contributed by atoms with van der Waals surface area (Å²) in [5, 5.41) is 0.337. The van der Waals surface area contributed by atoms with Crippen molar-refractivity contribution in [3.05, 3.63) is 88.2 Å². The summed E-state index contributed by atoms with van der Waals surface area (Å²) in [6, 6.07) is 18.2. The molecule has 0 aromatic heterocycles. The van der Waals surface area contributed by atoms with Crippen LogP contribution in [0.15, 0.2) is 65.7 Å². The highest BCUT2D eigenvalue weighted by molar-refractivity contribution is 6.30. The number of para-hydroxylation sites is 1. The van der Waals surface area contributed by atoms with Crippen LogP contribution in [0.2, 0.25) is 5.02 Å². The van der Waals surface area contributed by atoms with Crippen LogP contribution in [0.25, 0.3) is 0 Å². The Kier molecular flexibility index (Phi) is 6.51. The maximum atomic E-state index is 14.6. The third kappa shape index (κ3) is 4.91. The van der Waals surface area contributed by atoms with Gasteiger partial charge in [0.15, 0.2) is 11.5 Å². The zero-order chi connectivity index (χ0) is 24.4. The van der Waals surface area contributed by atoms with Gasteiger partial charge in [-0.1, -0.05) is 35.7 Å². The van der Waals surface area contributed by atoms with Crippen LogP contribution in [0.1, 0.15) is 42.4 Å². The minimum Gasteiger partial charge on any atom is -0.444 e. The lowest BCUT2D eigenvalue weighted by molar-refractivity contribution is -0.0711. The molecule has 1 atom stereocenters. The van der Waals surface area contributed by atoms with E-state index in [0.717, 1.165) is 49.3 Å². The van der Waals surface area contributed by atoms with Crippen molar-refractivity contribution in [3.63, 3.8) is 0 Å². The molecule has 1 saturated heterocycles. The largest absolute Gasteiger partial charge is 0.444 e.